The van der Waals surface area contributed by atoms with E-state index in [2.05, 4.69) is 15.9 Å². The molecular weight excluding hydrogens is 459 g/mol. The fourth-order valence-corrected chi connectivity index (χ4v) is 4.40. The standard InChI is InChI=1S/C21H16BrFN2O3S/c1-2-28-21(27)17(12-24)20-25(16-9-5-14(22)6-10-16)19(26)18(29-20)11-13-3-7-15(23)8-4-13/h3-10,18H,2,11H2,1H3/b20-17-. The van der Waals surface area contributed by atoms with Crippen LogP contribution >= 0.6 is 27.7 Å². The number of nitriles is 1. The zero-order valence-electron chi connectivity index (χ0n) is 15.4. The zero-order chi connectivity index (χ0) is 21.0. The second kappa shape index (κ2) is 9.25. The molecule has 0 aromatic heterocycles. The van der Waals surface area contributed by atoms with Gasteiger partial charge < -0.3 is 4.74 Å². The summed E-state index contributed by atoms with van der Waals surface area (Å²) in [7, 11) is 0. The molecule has 0 bridgehead atoms. The molecule has 29 heavy (non-hydrogen) atoms. The summed E-state index contributed by atoms with van der Waals surface area (Å²) < 4.78 is 19.0. The minimum Gasteiger partial charge on any atom is -0.462 e. The van der Waals surface area contributed by atoms with E-state index in [-0.39, 0.29) is 28.9 Å². The molecule has 1 aliphatic heterocycles. The van der Waals surface area contributed by atoms with Crippen LogP contribution in [0.15, 0.2) is 63.6 Å². The molecule has 148 valence electrons. The lowest BCUT2D eigenvalue weighted by Crippen LogP contribution is -2.30. The molecule has 3 rings (SSSR count). The highest BCUT2D eigenvalue weighted by atomic mass is 79.9. The van der Waals surface area contributed by atoms with E-state index in [1.165, 1.54) is 17.0 Å². The van der Waals surface area contributed by atoms with Gasteiger partial charge in [-0.1, -0.05) is 39.8 Å². The van der Waals surface area contributed by atoms with Crippen LogP contribution in [0.5, 0.6) is 0 Å². The van der Waals surface area contributed by atoms with E-state index in [1.54, 1.807) is 43.3 Å². The third kappa shape index (κ3) is 4.69. The summed E-state index contributed by atoms with van der Waals surface area (Å²) in [5, 5.41) is 9.26. The summed E-state index contributed by atoms with van der Waals surface area (Å²) in [4.78, 5) is 26.9. The molecule has 0 aliphatic carbocycles. The third-order valence-corrected chi connectivity index (χ3v) is 5.97. The molecule has 1 unspecified atom stereocenters. The van der Waals surface area contributed by atoms with E-state index in [0.717, 1.165) is 21.8 Å². The quantitative estimate of drug-likeness (QED) is 0.360. The van der Waals surface area contributed by atoms with E-state index < -0.39 is 11.2 Å². The molecule has 1 amide bonds. The lowest BCUT2D eigenvalue weighted by molar-refractivity contribution is -0.138. The highest BCUT2D eigenvalue weighted by molar-refractivity contribution is 9.10. The highest BCUT2D eigenvalue weighted by Crippen LogP contribution is 2.42. The minimum absolute atomic E-state index is 0.118. The molecule has 1 heterocycles. The van der Waals surface area contributed by atoms with Gasteiger partial charge in [-0.3, -0.25) is 9.69 Å². The van der Waals surface area contributed by atoms with Gasteiger partial charge in [0.2, 0.25) is 5.91 Å². The molecular formula is C21H16BrFN2O3S. The Kier molecular flexibility index (Phi) is 6.72. The van der Waals surface area contributed by atoms with Crippen molar-refractivity contribution in [2.45, 2.75) is 18.6 Å². The molecule has 2 aromatic rings. The van der Waals surface area contributed by atoms with Crippen molar-refractivity contribution in [1.82, 2.24) is 0 Å². The first-order chi connectivity index (χ1) is 13.9. The van der Waals surface area contributed by atoms with Crippen molar-refractivity contribution in [3.63, 3.8) is 0 Å². The van der Waals surface area contributed by atoms with E-state index in [0.29, 0.717) is 12.1 Å². The van der Waals surface area contributed by atoms with Crippen molar-refractivity contribution < 1.29 is 18.7 Å². The first kappa shape index (κ1) is 21.1. The molecule has 2 aromatic carbocycles. The van der Waals surface area contributed by atoms with Crippen LogP contribution in [0, 0.1) is 17.1 Å². The first-order valence-electron chi connectivity index (χ1n) is 8.76. The van der Waals surface area contributed by atoms with Crippen LogP contribution in [-0.2, 0) is 20.7 Å². The predicted octanol–water partition coefficient (Wildman–Crippen LogP) is 4.58. The van der Waals surface area contributed by atoms with Crippen LogP contribution in [0.2, 0.25) is 0 Å². The normalized spacial score (nSPS) is 17.8. The number of hydrogen-bond donors (Lipinski definition) is 0. The smallest absolute Gasteiger partial charge is 0.351 e. The maximum Gasteiger partial charge on any atom is 0.351 e. The Labute approximate surface area is 180 Å². The Morgan fingerprint density at radius 2 is 1.90 bits per heavy atom. The van der Waals surface area contributed by atoms with E-state index >= 15 is 0 Å². The van der Waals surface area contributed by atoms with Gasteiger partial charge in [0.15, 0.2) is 5.57 Å². The number of thioether (sulfide) groups is 1. The van der Waals surface area contributed by atoms with Gasteiger partial charge in [0, 0.05) is 10.2 Å². The van der Waals surface area contributed by atoms with Crippen LogP contribution in [0.3, 0.4) is 0 Å². The van der Waals surface area contributed by atoms with Gasteiger partial charge in [-0.15, -0.1) is 0 Å². The van der Waals surface area contributed by atoms with Crippen molar-refractivity contribution in [3.8, 4) is 6.07 Å². The summed E-state index contributed by atoms with van der Waals surface area (Å²) in [6.45, 7) is 1.77. The molecule has 0 spiro atoms. The highest BCUT2D eigenvalue weighted by Gasteiger charge is 2.41. The average Bonchev–Trinajstić information content (AvgIpc) is 3.01. The lowest BCUT2D eigenvalue weighted by Gasteiger charge is -2.18. The van der Waals surface area contributed by atoms with Gasteiger partial charge in [0.1, 0.15) is 16.9 Å². The van der Waals surface area contributed by atoms with Gasteiger partial charge in [0.05, 0.1) is 11.9 Å². The molecule has 1 saturated heterocycles. The Hall–Kier alpha value is -2.63. The maximum atomic E-state index is 13.2. The molecule has 8 heteroatoms. The summed E-state index contributed by atoms with van der Waals surface area (Å²) in [5.41, 5.74) is 1.11. The number of esters is 1. The fourth-order valence-electron chi connectivity index (χ4n) is 2.83. The van der Waals surface area contributed by atoms with Crippen LogP contribution in [0.25, 0.3) is 0 Å². The van der Waals surface area contributed by atoms with Gasteiger partial charge in [0.25, 0.3) is 0 Å². The van der Waals surface area contributed by atoms with Gasteiger partial charge >= 0.3 is 5.97 Å². The van der Waals surface area contributed by atoms with Crippen molar-refractivity contribution in [3.05, 3.63) is 75.0 Å². The number of anilines is 1. The van der Waals surface area contributed by atoms with Crippen LogP contribution in [0.1, 0.15) is 12.5 Å². The predicted molar refractivity (Wildman–Crippen MR) is 112 cm³/mol. The van der Waals surface area contributed by atoms with E-state index in [1.807, 2.05) is 6.07 Å². The van der Waals surface area contributed by atoms with Crippen molar-refractivity contribution in [1.29, 1.82) is 5.26 Å². The Morgan fingerprint density at radius 3 is 2.48 bits per heavy atom. The number of hydrogen-bond acceptors (Lipinski definition) is 5. The van der Waals surface area contributed by atoms with Gasteiger partial charge in [-0.25, -0.2) is 9.18 Å². The van der Waals surface area contributed by atoms with Crippen molar-refractivity contribution in [2.75, 3.05) is 11.5 Å². The Bertz CT molecular complexity index is 1000. The molecule has 0 saturated carbocycles. The van der Waals surface area contributed by atoms with Crippen LogP contribution in [-0.4, -0.2) is 23.7 Å². The summed E-state index contributed by atoms with van der Waals surface area (Å²) in [5.74, 6) is -1.38. The van der Waals surface area contributed by atoms with E-state index in [9.17, 15) is 19.2 Å². The Balaban J connectivity index is 2.02. The number of nitrogens with zero attached hydrogens (tertiary/aromatic N) is 2. The second-order valence-electron chi connectivity index (χ2n) is 6.10. The van der Waals surface area contributed by atoms with Crippen molar-refractivity contribution >= 4 is 45.3 Å². The molecule has 1 atom stereocenters. The fraction of sp³-hybridized carbons (Fsp3) is 0.190. The maximum absolute atomic E-state index is 13.2. The van der Waals surface area contributed by atoms with E-state index in [4.69, 9.17) is 4.74 Å². The monoisotopic (exact) mass is 474 g/mol. The number of halogens is 2. The first-order valence-corrected chi connectivity index (χ1v) is 10.4. The van der Waals surface area contributed by atoms with Crippen LogP contribution < -0.4 is 4.90 Å². The molecule has 5 nitrogen and oxygen atoms in total. The SMILES string of the molecule is CCOC(=O)/C(C#N)=C1\SC(Cc2ccc(F)cc2)C(=O)N1c1ccc(Br)cc1. The van der Waals surface area contributed by atoms with Crippen LogP contribution in [0.4, 0.5) is 10.1 Å². The molecule has 1 aliphatic rings. The number of carbonyl (C=O) groups excluding carboxylic acids is 2. The largest absolute Gasteiger partial charge is 0.462 e. The molecule has 1 fully saturated rings. The topological polar surface area (TPSA) is 70.4 Å². The number of benzene rings is 2. The average molecular weight is 475 g/mol. The molecule has 0 N–H and O–H groups in total. The lowest BCUT2D eigenvalue weighted by atomic mass is 10.1. The number of rotatable bonds is 5. The Morgan fingerprint density at radius 1 is 1.24 bits per heavy atom. The molecule has 0 radical (unpaired) electrons. The van der Waals surface area contributed by atoms with Gasteiger partial charge in [-0.2, -0.15) is 5.26 Å². The third-order valence-electron chi connectivity index (χ3n) is 4.18. The zero-order valence-corrected chi connectivity index (χ0v) is 17.8. The second-order valence-corrected chi connectivity index (χ2v) is 8.21. The summed E-state index contributed by atoms with van der Waals surface area (Å²) >= 11 is 4.49. The number of amides is 1. The summed E-state index contributed by atoms with van der Waals surface area (Å²) in [6, 6.07) is 14.8. The van der Waals surface area contributed by atoms with Gasteiger partial charge in [-0.05, 0) is 55.3 Å². The number of ether oxygens (including phenoxy) is 1. The summed E-state index contributed by atoms with van der Waals surface area (Å²) in [6.07, 6.45) is 0.335. The number of carbonyl (C=O) groups is 2. The minimum atomic E-state index is -0.769. The van der Waals surface area contributed by atoms with Crippen molar-refractivity contribution in [2.24, 2.45) is 0 Å².